The quantitative estimate of drug-likeness (QED) is 0.653. The number of hydrogen-bond donors (Lipinski definition) is 1. The molecule has 0 amide bonds. The van der Waals surface area contributed by atoms with Crippen LogP contribution in [0, 0.1) is 5.41 Å². The van der Waals surface area contributed by atoms with E-state index in [0.717, 1.165) is 18.6 Å². The van der Waals surface area contributed by atoms with E-state index in [0.29, 0.717) is 5.75 Å². The lowest BCUT2D eigenvalue weighted by molar-refractivity contribution is -0.138. The Bertz CT molecular complexity index is 168. The van der Waals surface area contributed by atoms with Gasteiger partial charge in [-0.05, 0) is 24.0 Å². The van der Waals surface area contributed by atoms with E-state index in [9.17, 15) is 9.18 Å². The van der Waals surface area contributed by atoms with Crippen molar-refractivity contribution in [2.24, 2.45) is 5.41 Å². The summed E-state index contributed by atoms with van der Waals surface area (Å²) in [5, 5.41) is 8.56. The van der Waals surface area contributed by atoms with Crippen LogP contribution in [-0.2, 0) is 4.79 Å². The Hall–Kier alpha value is -0.250. The van der Waals surface area contributed by atoms with E-state index >= 15 is 0 Å². The van der Waals surface area contributed by atoms with Crippen molar-refractivity contribution < 1.29 is 14.3 Å². The molecule has 1 saturated carbocycles. The molecule has 1 N–H and O–H groups in total. The molecule has 0 aliphatic heterocycles. The Morgan fingerprint density at radius 2 is 2.25 bits per heavy atom. The van der Waals surface area contributed by atoms with Gasteiger partial charge in [-0.1, -0.05) is 0 Å². The van der Waals surface area contributed by atoms with Gasteiger partial charge in [0.1, 0.15) is 0 Å². The van der Waals surface area contributed by atoms with Gasteiger partial charge in [-0.2, -0.15) is 11.8 Å². The maximum atomic E-state index is 11.7. The topological polar surface area (TPSA) is 37.3 Å². The minimum Gasteiger partial charge on any atom is -0.481 e. The number of aliphatic carboxylic acids is 1. The van der Waals surface area contributed by atoms with Crippen LogP contribution >= 0.6 is 11.8 Å². The van der Waals surface area contributed by atoms with Crippen LogP contribution in [0.1, 0.15) is 19.3 Å². The summed E-state index contributed by atoms with van der Waals surface area (Å²) in [5.41, 5.74) is 0.0195. The van der Waals surface area contributed by atoms with Crippen LogP contribution < -0.4 is 0 Å². The second kappa shape index (κ2) is 4.12. The van der Waals surface area contributed by atoms with Gasteiger partial charge in [-0.15, -0.1) is 0 Å². The summed E-state index contributed by atoms with van der Waals surface area (Å²) in [5.74, 6) is 0.582. The lowest BCUT2D eigenvalue weighted by Gasteiger charge is -2.10. The van der Waals surface area contributed by atoms with Crippen molar-refractivity contribution in [3.05, 3.63) is 0 Å². The van der Waals surface area contributed by atoms with Gasteiger partial charge >= 0.3 is 5.97 Å². The number of carboxylic acid groups (broad SMARTS) is 1. The van der Waals surface area contributed by atoms with E-state index in [2.05, 4.69) is 0 Å². The molecule has 0 atom stereocenters. The molecule has 0 radical (unpaired) electrons. The van der Waals surface area contributed by atoms with E-state index in [1.807, 2.05) is 0 Å². The molecule has 4 heteroatoms. The van der Waals surface area contributed by atoms with Crippen LogP contribution in [0.15, 0.2) is 0 Å². The summed E-state index contributed by atoms with van der Waals surface area (Å²) in [6.45, 7) is -0.312. The van der Waals surface area contributed by atoms with Gasteiger partial charge in [0.15, 0.2) is 0 Å². The first-order chi connectivity index (χ1) is 5.68. The highest BCUT2D eigenvalue weighted by atomic mass is 32.2. The molecule has 70 valence electrons. The number of carboxylic acids is 1. The van der Waals surface area contributed by atoms with Crippen LogP contribution in [0.3, 0.4) is 0 Å². The Morgan fingerprint density at radius 3 is 2.67 bits per heavy atom. The monoisotopic (exact) mass is 192 g/mol. The first-order valence-corrected chi connectivity index (χ1v) is 5.19. The predicted octanol–water partition coefficient (Wildman–Crippen LogP) is 1.94. The number of rotatable bonds is 6. The molecule has 1 aliphatic rings. The second-order valence-electron chi connectivity index (χ2n) is 3.31. The van der Waals surface area contributed by atoms with Crippen molar-refractivity contribution in [1.82, 2.24) is 0 Å². The van der Waals surface area contributed by atoms with Gasteiger partial charge in [0.05, 0.1) is 13.1 Å². The molecule has 1 rings (SSSR count). The lowest BCUT2D eigenvalue weighted by Crippen LogP contribution is -2.11. The van der Waals surface area contributed by atoms with Crippen molar-refractivity contribution >= 4 is 17.7 Å². The molecular weight excluding hydrogens is 179 g/mol. The molecule has 1 fully saturated rings. The summed E-state index contributed by atoms with van der Waals surface area (Å²) in [6, 6.07) is 0. The van der Waals surface area contributed by atoms with Crippen molar-refractivity contribution in [2.75, 3.05) is 18.2 Å². The number of carbonyl (C=O) groups is 1. The molecule has 0 aromatic rings. The van der Waals surface area contributed by atoms with E-state index in [4.69, 9.17) is 5.11 Å². The highest BCUT2D eigenvalue weighted by Crippen LogP contribution is 2.50. The fourth-order valence-corrected chi connectivity index (χ4v) is 2.29. The number of hydrogen-bond acceptors (Lipinski definition) is 2. The van der Waals surface area contributed by atoms with Crippen molar-refractivity contribution in [3.63, 3.8) is 0 Å². The molecule has 2 nitrogen and oxygen atoms in total. The number of halogens is 1. The van der Waals surface area contributed by atoms with Crippen molar-refractivity contribution in [1.29, 1.82) is 0 Å². The first-order valence-electron chi connectivity index (χ1n) is 4.04. The zero-order valence-electron chi connectivity index (χ0n) is 6.88. The maximum absolute atomic E-state index is 11.7. The molecule has 0 heterocycles. The third-order valence-electron chi connectivity index (χ3n) is 2.11. The molecule has 0 aromatic carbocycles. The summed E-state index contributed by atoms with van der Waals surface area (Å²) >= 11 is 1.53. The number of alkyl halides is 1. The van der Waals surface area contributed by atoms with E-state index in [1.54, 1.807) is 0 Å². The van der Waals surface area contributed by atoms with Crippen LogP contribution in [0.4, 0.5) is 4.39 Å². The molecule has 0 spiro atoms. The molecule has 1 aliphatic carbocycles. The van der Waals surface area contributed by atoms with Crippen LogP contribution in [-0.4, -0.2) is 29.3 Å². The van der Waals surface area contributed by atoms with Gasteiger partial charge in [-0.3, -0.25) is 9.18 Å². The molecule has 0 unspecified atom stereocenters. The molecule has 0 bridgehead atoms. The van der Waals surface area contributed by atoms with E-state index < -0.39 is 5.97 Å². The highest BCUT2D eigenvalue weighted by Gasteiger charge is 2.43. The number of thioether (sulfide) groups is 1. The molecule has 0 aromatic heterocycles. The van der Waals surface area contributed by atoms with Crippen molar-refractivity contribution in [3.8, 4) is 0 Å². The molecular formula is C8H13FO2S. The van der Waals surface area contributed by atoms with Gasteiger partial charge in [0.2, 0.25) is 0 Å². The largest absolute Gasteiger partial charge is 0.481 e. The maximum Gasteiger partial charge on any atom is 0.303 e. The second-order valence-corrected chi connectivity index (χ2v) is 4.42. The average Bonchev–Trinajstić information content (AvgIpc) is 2.69. The van der Waals surface area contributed by atoms with Gasteiger partial charge in [0, 0.05) is 5.75 Å². The fraction of sp³-hybridized carbons (Fsp3) is 0.875. The highest BCUT2D eigenvalue weighted by molar-refractivity contribution is 7.99. The first kappa shape index (κ1) is 9.84. The van der Waals surface area contributed by atoms with Crippen LogP contribution in [0.25, 0.3) is 0 Å². The van der Waals surface area contributed by atoms with Gasteiger partial charge in [0.25, 0.3) is 0 Å². The Morgan fingerprint density at radius 1 is 1.58 bits per heavy atom. The Balaban J connectivity index is 2.16. The average molecular weight is 192 g/mol. The third kappa shape index (κ3) is 3.01. The minimum absolute atomic E-state index is 0.0195. The van der Waals surface area contributed by atoms with Crippen LogP contribution in [0.5, 0.6) is 0 Å². The predicted molar refractivity (Wildman–Crippen MR) is 47.2 cm³/mol. The Kier molecular flexibility index (Phi) is 3.38. The summed E-state index contributed by atoms with van der Waals surface area (Å²) in [6.07, 6.45) is 2.25. The molecule has 12 heavy (non-hydrogen) atoms. The standard InChI is InChI=1S/C8H13FO2S/c9-3-4-12-6-8(1-2-8)5-7(10)11/h1-6H2,(H,10,11). The lowest BCUT2D eigenvalue weighted by atomic mass is 10.1. The van der Waals surface area contributed by atoms with E-state index in [-0.39, 0.29) is 18.5 Å². The van der Waals surface area contributed by atoms with Crippen molar-refractivity contribution in [2.45, 2.75) is 19.3 Å². The summed E-state index contributed by atoms with van der Waals surface area (Å²) < 4.78 is 11.7. The van der Waals surface area contributed by atoms with Gasteiger partial charge in [-0.25, -0.2) is 0 Å². The van der Waals surface area contributed by atoms with Gasteiger partial charge < -0.3 is 5.11 Å². The fourth-order valence-electron chi connectivity index (χ4n) is 1.21. The smallest absolute Gasteiger partial charge is 0.303 e. The summed E-state index contributed by atoms with van der Waals surface area (Å²) in [4.78, 5) is 10.4. The zero-order chi connectivity index (χ0) is 9.03. The van der Waals surface area contributed by atoms with E-state index in [1.165, 1.54) is 11.8 Å². The van der Waals surface area contributed by atoms with Crippen LogP contribution in [0.2, 0.25) is 0 Å². The summed E-state index contributed by atoms with van der Waals surface area (Å²) in [7, 11) is 0. The SMILES string of the molecule is O=C(O)CC1(CSCCF)CC1. The normalized spacial score (nSPS) is 19.1. The zero-order valence-corrected chi connectivity index (χ0v) is 7.70. The third-order valence-corrected chi connectivity index (χ3v) is 3.37. The minimum atomic E-state index is -0.728. The Labute approximate surface area is 75.5 Å². The molecule has 0 saturated heterocycles.